The lowest BCUT2D eigenvalue weighted by Gasteiger charge is -2.28. The van der Waals surface area contributed by atoms with E-state index in [1.54, 1.807) is 18.2 Å². The van der Waals surface area contributed by atoms with Gasteiger partial charge in [-0.05, 0) is 94.6 Å². The van der Waals surface area contributed by atoms with E-state index in [0.717, 1.165) is 43.5 Å². The molecule has 3 amide bonds. The molecule has 0 aliphatic carbocycles. The van der Waals surface area contributed by atoms with Gasteiger partial charge in [0.15, 0.2) is 0 Å². The summed E-state index contributed by atoms with van der Waals surface area (Å²) in [5.74, 6) is -0.291. The molecule has 2 aromatic carbocycles. The Kier molecular flexibility index (Phi) is 5.92. The van der Waals surface area contributed by atoms with Crippen LogP contribution in [0, 0.1) is 19.8 Å². The van der Waals surface area contributed by atoms with Crippen LogP contribution in [0.4, 0.5) is 5.69 Å². The number of fused-ring (bicyclic) bond motifs is 1. The smallest absolute Gasteiger partial charge is 0.266 e. The van der Waals surface area contributed by atoms with Crippen LogP contribution < -0.4 is 10.2 Å². The number of hydrogen-bond donors (Lipinski definition) is 1. The van der Waals surface area contributed by atoms with E-state index in [-0.39, 0.29) is 23.3 Å². The summed E-state index contributed by atoms with van der Waals surface area (Å²) in [6, 6.07) is 10.5. The third-order valence-electron chi connectivity index (χ3n) is 6.43. The number of amides is 3. The Bertz CT molecular complexity index is 1040. The summed E-state index contributed by atoms with van der Waals surface area (Å²) in [5.41, 5.74) is 3.46. The van der Waals surface area contributed by atoms with E-state index in [1.807, 2.05) is 32.0 Å². The Hall–Kier alpha value is -2.99. The first-order chi connectivity index (χ1) is 14.8. The van der Waals surface area contributed by atoms with Crippen molar-refractivity contribution in [1.82, 2.24) is 10.2 Å². The minimum atomic E-state index is -0.380. The van der Waals surface area contributed by atoms with Gasteiger partial charge in [-0.2, -0.15) is 0 Å². The van der Waals surface area contributed by atoms with Gasteiger partial charge in [-0.3, -0.25) is 14.4 Å². The van der Waals surface area contributed by atoms with E-state index in [0.29, 0.717) is 29.3 Å². The molecule has 1 saturated heterocycles. The highest BCUT2D eigenvalue weighted by molar-refractivity contribution is 6.35. The third kappa shape index (κ3) is 4.26. The molecule has 2 aliphatic heterocycles. The second kappa shape index (κ2) is 8.63. The fraction of sp³-hybridized carbons (Fsp3) is 0.400. The third-order valence-corrected chi connectivity index (χ3v) is 6.43. The van der Waals surface area contributed by atoms with Crippen LogP contribution in [-0.4, -0.2) is 49.3 Å². The molecule has 2 aliphatic rings. The van der Waals surface area contributed by atoms with Gasteiger partial charge in [0.1, 0.15) is 0 Å². The number of nitrogens with one attached hydrogen (secondary N) is 1. The van der Waals surface area contributed by atoms with Gasteiger partial charge in [0.2, 0.25) is 0 Å². The Labute approximate surface area is 183 Å². The van der Waals surface area contributed by atoms with Crippen LogP contribution in [0.15, 0.2) is 36.4 Å². The Morgan fingerprint density at radius 3 is 2.45 bits per heavy atom. The number of likely N-dealkylation sites (tertiary alicyclic amines) is 1. The monoisotopic (exact) mass is 419 g/mol. The van der Waals surface area contributed by atoms with Crippen molar-refractivity contribution in [2.75, 3.05) is 31.6 Å². The summed E-state index contributed by atoms with van der Waals surface area (Å²) >= 11 is 0. The van der Waals surface area contributed by atoms with Gasteiger partial charge >= 0.3 is 0 Å². The van der Waals surface area contributed by atoms with E-state index in [1.165, 1.54) is 4.90 Å². The van der Waals surface area contributed by atoms with Gasteiger partial charge in [-0.25, -0.2) is 4.90 Å². The van der Waals surface area contributed by atoms with E-state index < -0.39 is 0 Å². The molecule has 0 atom stereocenters. The van der Waals surface area contributed by atoms with Crippen molar-refractivity contribution in [1.29, 1.82) is 0 Å². The molecule has 162 valence electrons. The normalized spacial score (nSPS) is 17.2. The van der Waals surface area contributed by atoms with Crippen LogP contribution >= 0.6 is 0 Å². The lowest BCUT2D eigenvalue weighted by Crippen LogP contribution is -2.32. The van der Waals surface area contributed by atoms with Crippen molar-refractivity contribution in [3.8, 4) is 0 Å². The molecule has 6 nitrogen and oxygen atoms in total. The maximum absolute atomic E-state index is 13.1. The molecule has 4 rings (SSSR count). The molecule has 0 saturated carbocycles. The zero-order valence-electron chi connectivity index (χ0n) is 18.4. The first kappa shape index (κ1) is 21.2. The summed E-state index contributed by atoms with van der Waals surface area (Å²) in [6.07, 6.45) is 3.29. The molecule has 0 spiro atoms. The molecule has 0 bridgehead atoms. The summed E-state index contributed by atoms with van der Waals surface area (Å²) in [7, 11) is 2.14. The minimum Gasteiger partial charge on any atom is -0.352 e. The van der Waals surface area contributed by atoms with E-state index in [2.05, 4.69) is 17.3 Å². The predicted octanol–water partition coefficient (Wildman–Crippen LogP) is 3.57. The lowest BCUT2D eigenvalue weighted by molar-refractivity contribution is 0.0923. The number of carbonyl (C=O) groups excluding carboxylic acids is 3. The zero-order chi connectivity index (χ0) is 22.1. The number of benzene rings is 2. The number of rotatable bonds is 5. The highest BCUT2D eigenvalue weighted by Gasteiger charge is 2.37. The van der Waals surface area contributed by atoms with Crippen molar-refractivity contribution < 1.29 is 14.4 Å². The topological polar surface area (TPSA) is 69.7 Å². The standard InChI is InChI=1S/C25H29N3O3/c1-16-4-5-17(2)22(14-16)28-24(30)20-7-6-19(15-21(20)25(28)31)23(29)26-11-8-18-9-12-27(3)13-10-18/h4-7,14-15,18H,8-13H2,1-3H3,(H,26,29). The average molecular weight is 420 g/mol. The number of imide groups is 1. The van der Waals surface area contributed by atoms with Crippen molar-refractivity contribution in [2.24, 2.45) is 5.92 Å². The zero-order valence-corrected chi connectivity index (χ0v) is 18.4. The van der Waals surface area contributed by atoms with Crippen LogP contribution in [0.1, 0.15) is 61.5 Å². The van der Waals surface area contributed by atoms with Gasteiger partial charge in [0.05, 0.1) is 16.8 Å². The number of aryl methyl sites for hydroxylation is 2. The Morgan fingerprint density at radius 2 is 1.71 bits per heavy atom. The maximum atomic E-state index is 13.1. The van der Waals surface area contributed by atoms with Crippen molar-refractivity contribution in [3.63, 3.8) is 0 Å². The van der Waals surface area contributed by atoms with Crippen molar-refractivity contribution in [3.05, 3.63) is 64.2 Å². The number of piperidine rings is 1. The van der Waals surface area contributed by atoms with E-state index in [9.17, 15) is 14.4 Å². The molecule has 0 radical (unpaired) electrons. The molecule has 1 N–H and O–H groups in total. The summed E-state index contributed by atoms with van der Waals surface area (Å²) in [4.78, 5) is 42.2. The van der Waals surface area contributed by atoms with Crippen LogP contribution in [0.5, 0.6) is 0 Å². The fourth-order valence-electron chi connectivity index (χ4n) is 4.40. The van der Waals surface area contributed by atoms with Crippen LogP contribution in [-0.2, 0) is 0 Å². The van der Waals surface area contributed by atoms with E-state index >= 15 is 0 Å². The van der Waals surface area contributed by atoms with Crippen LogP contribution in [0.25, 0.3) is 0 Å². The van der Waals surface area contributed by atoms with Gasteiger partial charge < -0.3 is 10.2 Å². The van der Waals surface area contributed by atoms with Gasteiger partial charge in [0, 0.05) is 12.1 Å². The highest BCUT2D eigenvalue weighted by Crippen LogP contribution is 2.31. The number of anilines is 1. The van der Waals surface area contributed by atoms with Crippen molar-refractivity contribution in [2.45, 2.75) is 33.1 Å². The maximum Gasteiger partial charge on any atom is 0.266 e. The molecule has 2 heterocycles. The molecule has 0 unspecified atom stereocenters. The Balaban J connectivity index is 1.45. The predicted molar refractivity (Wildman–Crippen MR) is 121 cm³/mol. The van der Waals surface area contributed by atoms with Gasteiger partial charge in [0.25, 0.3) is 17.7 Å². The first-order valence-corrected chi connectivity index (χ1v) is 10.9. The van der Waals surface area contributed by atoms with Crippen molar-refractivity contribution >= 4 is 23.4 Å². The molecule has 1 fully saturated rings. The highest BCUT2D eigenvalue weighted by atomic mass is 16.2. The molecule has 2 aromatic rings. The molecule has 6 heteroatoms. The first-order valence-electron chi connectivity index (χ1n) is 10.9. The molecular weight excluding hydrogens is 390 g/mol. The second-order valence-electron chi connectivity index (χ2n) is 8.79. The fourth-order valence-corrected chi connectivity index (χ4v) is 4.40. The Morgan fingerprint density at radius 1 is 1.00 bits per heavy atom. The largest absolute Gasteiger partial charge is 0.352 e. The average Bonchev–Trinajstić information content (AvgIpc) is 3.01. The van der Waals surface area contributed by atoms with Gasteiger partial charge in [-0.15, -0.1) is 0 Å². The second-order valence-corrected chi connectivity index (χ2v) is 8.79. The number of carbonyl (C=O) groups is 3. The quantitative estimate of drug-likeness (QED) is 0.753. The van der Waals surface area contributed by atoms with Crippen LogP contribution in [0.3, 0.4) is 0 Å². The number of nitrogens with zero attached hydrogens (tertiary/aromatic N) is 2. The summed E-state index contributed by atoms with van der Waals surface area (Å²) in [6.45, 7) is 6.63. The van der Waals surface area contributed by atoms with Crippen LogP contribution in [0.2, 0.25) is 0 Å². The lowest BCUT2D eigenvalue weighted by atomic mass is 9.94. The van der Waals surface area contributed by atoms with E-state index in [4.69, 9.17) is 0 Å². The van der Waals surface area contributed by atoms with Gasteiger partial charge in [-0.1, -0.05) is 12.1 Å². The number of hydrogen-bond acceptors (Lipinski definition) is 4. The summed E-state index contributed by atoms with van der Waals surface area (Å²) < 4.78 is 0. The molecule has 31 heavy (non-hydrogen) atoms. The SMILES string of the molecule is Cc1ccc(C)c(N2C(=O)c3ccc(C(=O)NCCC4CCN(C)CC4)cc3C2=O)c1. The summed E-state index contributed by atoms with van der Waals surface area (Å²) in [5, 5.41) is 2.97. The molecule has 0 aromatic heterocycles. The minimum absolute atomic E-state index is 0.207. The molecular formula is C25H29N3O3.